The summed E-state index contributed by atoms with van der Waals surface area (Å²) in [6, 6.07) is 5.10. The lowest BCUT2D eigenvalue weighted by atomic mass is 9.99. The number of carboxylic acids is 1. The minimum atomic E-state index is -1.07. The van der Waals surface area contributed by atoms with Crippen molar-refractivity contribution in [3.8, 4) is 6.07 Å². The average Bonchev–Trinajstić information content (AvgIpc) is 2.16. The van der Waals surface area contributed by atoms with E-state index < -0.39 is 5.97 Å². The van der Waals surface area contributed by atoms with Gasteiger partial charge in [-0.15, -0.1) is 0 Å². The Labute approximate surface area is 90.1 Å². The van der Waals surface area contributed by atoms with Crippen LogP contribution in [0.1, 0.15) is 27.0 Å². The summed E-state index contributed by atoms with van der Waals surface area (Å²) in [5, 5.41) is 18.2. The predicted octanol–water partition coefficient (Wildman–Crippen LogP) is 2.46. The molecular formula is C10H8BrNO2. The Bertz CT molecular complexity index is 421. The van der Waals surface area contributed by atoms with Gasteiger partial charge in [0.15, 0.2) is 0 Å². The topological polar surface area (TPSA) is 61.1 Å². The number of benzene rings is 1. The van der Waals surface area contributed by atoms with Crippen LogP contribution in [0.25, 0.3) is 0 Å². The van der Waals surface area contributed by atoms with Gasteiger partial charge in [-0.1, -0.05) is 22.0 Å². The maximum absolute atomic E-state index is 10.8. The van der Waals surface area contributed by atoms with Crippen LogP contribution in [0.4, 0.5) is 0 Å². The Hall–Kier alpha value is -1.34. The van der Waals surface area contributed by atoms with Gasteiger partial charge < -0.3 is 5.11 Å². The van der Waals surface area contributed by atoms with E-state index in [0.717, 1.165) is 11.1 Å². The summed E-state index contributed by atoms with van der Waals surface area (Å²) in [6.07, 6.45) is 0. The standard InChI is InChI=1S/C10H8BrNO2/c1-6-2-3-7(10(13)14)9(5-12)8(6)4-11/h2-3H,4H2,1H3,(H,13,14). The van der Waals surface area contributed by atoms with E-state index in [4.69, 9.17) is 10.4 Å². The first-order chi connectivity index (χ1) is 6.61. The fourth-order valence-corrected chi connectivity index (χ4v) is 1.95. The number of hydrogen-bond donors (Lipinski definition) is 1. The third-order valence-corrected chi connectivity index (χ3v) is 2.58. The highest BCUT2D eigenvalue weighted by molar-refractivity contribution is 9.08. The summed E-state index contributed by atoms with van der Waals surface area (Å²) in [5.41, 5.74) is 1.97. The van der Waals surface area contributed by atoms with Crippen LogP contribution in [-0.2, 0) is 5.33 Å². The molecule has 0 unspecified atom stereocenters. The molecule has 0 saturated heterocycles. The number of nitriles is 1. The Balaban J connectivity index is 3.50. The van der Waals surface area contributed by atoms with E-state index in [1.807, 2.05) is 13.0 Å². The van der Waals surface area contributed by atoms with Gasteiger partial charge >= 0.3 is 5.97 Å². The minimum Gasteiger partial charge on any atom is -0.478 e. The van der Waals surface area contributed by atoms with Crippen molar-refractivity contribution in [3.63, 3.8) is 0 Å². The number of rotatable bonds is 2. The molecule has 0 bridgehead atoms. The molecule has 3 nitrogen and oxygen atoms in total. The van der Waals surface area contributed by atoms with Crippen LogP contribution in [0.15, 0.2) is 12.1 Å². The lowest BCUT2D eigenvalue weighted by molar-refractivity contribution is 0.0696. The third kappa shape index (κ3) is 1.78. The second-order valence-corrected chi connectivity index (χ2v) is 3.39. The monoisotopic (exact) mass is 253 g/mol. The molecule has 0 aliphatic carbocycles. The van der Waals surface area contributed by atoms with Crippen LogP contribution in [0.2, 0.25) is 0 Å². The normalized spacial score (nSPS) is 9.50. The number of carboxylic acid groups (broad SMARTS) is 1. The van der Waals surface area contributed by atoms with Crippen molar-refractivity contribution in [1.29, 1.82) is 5.26 Å². The van der Waals surface area contributed by atoms with Crippen molar-refractivity contribution in [2.45, 2.75) is 12.3 Å². The molecule has 0 aliphatic rings. The van der Waals surface area contributed by atoms with E-state index in [2.05, 4.69) is 15.9 Å². The molecule has 72 valence electrons. The van der Waals surface area contributed by atoms with Gasteiger partial charge in [0.1, 0.15) is 6.07 Å². The van der Waals surface area contributed by atoms with Crippen molar-refractivity contribution in [3.05, 3.63) is 34.4 Å². The first-order valence-electron chi connectivity index (χ1n) is 3.93. The highest BCUT2D eigenvalue weighted by atomic mass is 79.9. The minimum absolute atomic E-state index is 0.0625. The molecule has 0 spiro atoms. The highest BCUT2D eigenvalue weighted by Gasteiger charge is 2.14. The number of carbonyl (C=O) groups is 1. The van der Waals surface area contributed by atoms with Gasteiger partial charge in [0.2, 0.25) is 0 Å². The zero-order chi connectivity index (χ0) is 10.7. The molecule has 0 amide bonds. The second kappa shape index (κ2) is 4.25. The average molecular weight is 254 g/mol. The third-order valence-electron chi connectivity index (χ3n) is 2.02. The van der Waals surface area contributed by atoms with Crippen LogP contribution in [0.3, 0.4) is 0 Å². The Morgan fingerprint density at radius 3 is 2.71 bits per heavy atom. The summed E-state index contributed by atoms with van der Waals surface area (Å²) >= 11 is 3.24. The Kier molecular flexibility index (Phi) is 3.26. The van der Waals surface area contributed by atoms with Crippen molar-refractivity contribution >= 4 is 21.9 Å². The molecule has 1 aromatic rings. The zero-order valence-electron chi connectivity index (χ0n) is 7.54. The first kappa shape index (κ1) is 10.7. The van der Waals surface area contributed by atoms with Gasteiger partial charge in [-0.3, -0.25) is 0 Å². The van der Waals surface area contributed by atoms with E-state index in [-0.39, 0.29) is 11.1 Å². The van der Waals surface area contributed by atoms with Crippen molar-refractivity contribution in [2.24, 2.45) is 0 Å². The fourth-order valence-electron chi connectivity index (χ4n) is 1.23. The van der Waals surface area contributed by atoms with Crippen molar-refractivity contribution in [1.82, 2.24) is 0 Å². The van der Waals surface area contributed by atoms with E-state index >= 15 is 0 Å². The lowest BCUT2D eigenvalue weighted by Gasteiger charge is -2.06. The van der Waals surface area contributed by atoms with Crippen LogP contribution in [0.5, 0.6) is 0 Å². The smallest absolute Gasteiger partial charge is 0.337 e. The highest BCUT2D eigenvalue weighted by Crippen LogP contribution is 2.20. The van der Waals surface area contributed by atoms with Gasteiger partial charge in [-0.2, -0.15) is 5.26 Å². The molecule has 1 N–H and O–H groups in total. The predicted molar refractivity (Wildman–Crippen MR) is 55.5 cm³/mol. The van der Waals surface area contributed by atoms with Gasteiger partial charge in [-0.05, 0) is 24.1 Å². The van der Waals surface area contributed by atoms with Crippen LogP contribution in [0, 0.1) is 18.3 Å². The van der Waals surface area contributed by atoms with Gasteiger partial charge in [-0.25, -0.2) is 4.79 Å². The maximum Gasteiger partial charge on any atom is 0.337 e. The quantitative estimate of drug-likeness (QED) is 0.824. The van der Waals surface area contributed by atoms with Crippen LogP contribution in [-0.4, -0.2) is 11.1 Å². The second-order valence-electron chi connectivity index (χ2n) is 2.83. The van der Waals surface area contributed by atoms with Crippen LogP contribution >= 0.6 is 15.9 Å². The molecule has 0 saturated carbocycles. The van der Waals surface area contributed by atoms with Crippen LogP contribution < -0.4 is 0 Å². The summed E-state index contributed by atoms with van der Waals surface area (Å²) < 4.78 is 0. The van der Waals surface area contributed by atoms with Crippen molar-refractivity contribution in [2.75, 3.05) is 0 Å². The number of aromatic carboxylic acids is 1. The molecule has 0 aliphatic heterocycles. The van der Waals surface area contributed by atoms with E-state index in [0.29, 0.717) is 5.33 Å². The first-order valence-corrected chi connectivity index (χ1v) is 5.05. The molecule has 4 heteroatoms. The molecule has 0 heterocycles. The van der Waals surface area contributed by atoms with E-state index in [9.17, 15) is 4.79 Å². The number of aryl methyl sites for hydroxylation is 1. The van der Waals surface area contributed by atoms with E-state index in [1.54, 1.807) is 6.07 Å². The number of nitrogens with zero attached hydrogens (tertiary/aromatic N) is 1. The molecule has 14 heavy (non-hydrogen) atoms. The summed E-state index contributed by atoms with van der Waals surface area (Å²) in [6.45, 7) is 1.85. The molecule has 1 aromatic carbocycles. The van der Waals surface area contributed by atoms with E-state index in [1.165, 1.54) is 6.07 Å². The fraction of sp³-hybridized carbons (Fsp3) is 0.200. The molecule has 0 radical (unpaired) electrons. The summed E-state index contributed by atoms with van der Waals surface area (Å²) in [4.78, 5) is 10.8. The Morgan fingerprint density at radius 1 is 1.64 bits per heavy atom. The Morgan fingerprint density at radius 2 is 2.29 bits per heavy atom. The van der Waals surface area contributed by atoms with Gasteiger partial charge in [0.05, 0.1) is 11.1 Å². The number of alkyl halides is 1. The lowest BCUT2D eigenvalue weighted by Crippen LogP contribution is -2.04. The van der Waals surface area contributed by atoms with Crippen molar-refractivity contribution < 1.29 is 9.90 Å². The zero-order valence-corrected chi connectivity index (χ0v) is 9.13. The SMILES string of the molecule is Cc1ccc(C(=O)O)c(C#N)c1CBr. The number of hydrogen-bond acceptors (Lipinski definition) is 2. The maximum atomic E-state index is 10.8. The molecule has 0 atom stereocenters. The van der Waals surface area contributed by atoms with Gasteiger partial charge in [0, 0.05) is 5.33 Å². The van der Waals surface area contributed by atoms with Gasteiger partial charge in [0.25, 0.3) is 0 Å². The molecular weight excluding hydrogens is 246 g/mol. The summed E-state index contributed by atoms with van der Waals surface area (Å²) in [5.74, 6) is -1.07. The largest absolute Gasteiger partial charge is 0.478 e. The molecule has 0 fully saturated rings. The molecule has 0 aromatic heterocycles. The number of halogens is 1. The molecule has 1 rings (SSSR count). The summed E-state index contributed by atoms with van der Waals surface area (Å²) in [7, 11) is 0.